The van der Waals surface area contributed by atoms with Gasteiger partial charge in [0.2, 0.25) is 0 Å². The van der Waals surface area contributed by atoms with E-state index >= 15 is 0 Å². The summed E-state index contributed by atoms with van der Waals surface area (Å²) in [5.41, 5.74) is 0. The number of hydrogen-bond donors (Lipinski definition) is 1. The molecule has 0 spiro atoms. The molecule has 0 unspecified atom stereocenters. The van der Waals surface area contributed by atoms with Crippen LogP contribution in [0.4, 0.5) is 0 Å². The summed E-state index contributed by atoms with van der Waals surface area (Å²) in [4.78, 5) is 0. The van der Waals surface area contributed by atoms with Gasteiger partial charge in [-0.2, -0.15) is 0 Å². The third-order valence-corrected chi connectivity index (χ3v) is 0.410. The van der Waals surface area contributed by atoms with E-state index in [0.717, 1.165) is 0 Å². The number of hydrogen-bond acceptors (Lipinski definition) is 2. The Labute approximate surface area is 41.7 Å². The van der Waals surface area contributed by atoms with Gasteiger partial charge in [0.05, 0.1) is 9.30 Å². The molecule has 0 aromatic heterocycles. The Morgan fingerprint density at radius 3 is 3.17 bits per heavy atom. The van der Waals surface area contributed by atoms with Gasteiger partial charge in [0.25, 0.3) is 5.95 Å². The second-order valence-corrected chi connectivity index (χ2v) is 0.831. The zero-order valence-corrected chi connectivity index (χ0v) is 2.93. The minimum absolute atomic E-state index is 0.699. The fourth-order valence-electron chi connectivity index (χ4n) is 0.202. The lowest BCUT2D eigenvalue weighted by Gasteiger charge is -1.88. The van der Waals surface area contributed by atoms with Gasteiger partial charge in [0.15, 0.2) is 0 Å². The molecule has 0 amide bonds. The zero-order valence-electron chi connectivity index (χ0n) is 6.93. The van der Waals surface area contributed by atoms with Crippen LogP contribution in [0, 0.1) is 0 Å². The molecule has 0 saturated carbocycles. The van der Waals surface area contributed by atoms with Crippen molar-refractivity contribution in [2.24, 2.45) is 0 Å². The molecule has 0 bridgehead atoms. The van der Waals surface area contributed by atoms with Gasteiger partial charge in [-0.25, -0.2) is 0 Å². The quantitative estimate of drug-likeness (QED) is 0.477. The molecular weight excluding hydrogens is 80.0 g/mol. The molecule has 0 saturated heterocycles. The Bertz CT molecular complexity index is 186. The number of rotatable bonds is 0. The molecule has 1 rings (SSSR count). The van der Waals surface area contributed by atoms with Crippen molar-refractivity contribution in [3.8, 4) is 0 Å². The highest BCUT2D eigenvalue weighted by Crippen LogP contribution is 2.02. The van der Waals surface area contributed by atoms with E-state index in [4.69, 9.17) is 10.6 Å². The summed E-state index contributed by atoms with van der Waals surface area (Å²) in [5, 5.41) is 8.56. The van der Waals surface area contributed by atoms with Crippen molar-refractivity contribution in [3.63, 3.8) is 0 Å². The minimum atomic E-state index is -2.45. The zero-order chi connectivity index (χ0) is 7.99. The molecule has 0 fully saturated rings. The van der Waals surface area contributed by atoms with Gasteiger partial charge in [-0.15, -0.1) is 0 Å². The molecule has 1 aliphatic rings. The Morgan fingerprint density at radius 2 is 3.00 bits per heavy atom. The maximum atomic E-state index is 8.56. The monoisotopic (exact) mass is 90.1 g/mol. The summed E-state index contributed by atoms with van der Waals surface area (Å²) in [7, 11) is 0. The van der Waals surface area contributed by atoms with Crippen molar-refractivity contribution in [2.45, 2.75) is 6.37 Å². The van der Waals surface area contributed by atoms with Gasteiger partial charge in [-0.05, 0) is 6.08 Å². The lowest BCUT2D eigenvalue weighted by molar-refractivity contribution is 0.119. The lowest BCUT2D eigenvalue weighted by Crippen LogP contribution is -1.79. The summed E-state index contributed by atoms with van der Waals surface area (Å²) in [6.45, 7) is -2.45. The molecule has 0 atom stereocenters. The maximum Gasteiger partial charge on any atom is 0.272 e. The summed E-state index contributed by atoms with van der Waals surface area (Å²) >= 11 is 0. The summed E-state index contributed by atoms with van der Waals surface area (Å²) in [6, 6.07) is 0. The van der Waals surface area contributed by atoms with Crippen LogP contribution >= 0.6 is 0 Å². The average molecular weight is 90.1 g/mol. The summed E-state index contributed by atoms with van der Waals surface area (Å²) in [5.74, 6) is -0.699. The van der Waals surface area contributed by atoms with Crippen LogP contribution in [-0.4, -0.2) is 11.7 Å². The molecule has 1 aliphatic heterocycles. The Morgan fingerprint density at radius 1 is 2.17 bits per heavy atom. The van der Waals surface area contributed by atoms with Crippen molar-refractivity contribution in [3.05, 3.63) is 12.0 Å². The fourth-order valence-corrected chi connectivity index (χ4v) is 0.202. The van der Waals surface area contributed by atoms with Crippen molar-refractivity contribution >= 4 is 0 Å². The predicted octanol–water partition coefficient (Wildman–Crippen LogP) is 0.806. The van der Waals surface area contributed by atoms with Crippen LogP contribution in [0.3, 0.4) is 0 Å². The third kappa shape index (κ3) is 0.455. The number of aliphatic hydroxyl groups excluding tert-OH is 1. The second kappa shape index (κ2) is 1.20. The van der Waals surface area contributed by atoms with Gasteiger partial charge < -0.3 is 9.84 Å². The van der Waals surface area contributed by atoms with Crippen LogP contribution in [0.2, 0.25) is 0 Å². The molecule has 2 heteroatoms. The number of aliphatic hydroxyl groups is 1. The van der Waals surface area contributed by atoms with Crippen LogP contribution in [-0.2, 0) is 4.74 Å². The van der Waals surface area contributed by atoms with E-state index in [1.165, 1.54) is 0 Å². The third-order valence-electron chi connectivity index (χ3n) is 0.410. The first-order valence-corrected chi connectivity index (χ1v) is 1.46. The van der Waals surface area contributed by atoms with E-state index in [2.05, 4.69) is 4.74 Å². The van der Waals surface area contributed by atoms with Gasteiger partial charge in [-0.3, -0.25) is 0 Å². The van der Waals surface area contributed by atoms with E-state index in [1.54, 1.807) is 0 Å². The van der Waals surface area contributed by atoms with Crippen molar-refractivity contribution in [1.29, 1.82) is 0 Å². The molecule has 1 N–H and O–H groups in total. The molecule has 1 heterocycles. The van der Waals surface area contributed by atoms with Gasteiger partial charge in [-0.1, -0.05) is 0 Å². The van der Waals surface area contributed by atoms with Crippen molar-refractivity contribution in [1.82, 2.24) is 0 Å². The molecule has 0 radical (unpaired) electrons. The fraction of sp³-hybridized carbons (Fsp3) is 0.500. The minimum Gasteiger partial charge on any atom is -0.481 e. The normalized spacial score (nSPS) is 46.3. The first-order valence-electron chi connectivity index (χ1n) is 3.46. The predicted molar refractivity (Wildman–Crippen MR) is 21.3 cm³/mol. The van der Waals surface area contributed by atoms with Crippen LogP contribution in [0.5, 0.6) is 0 Å². The topological polar surface area (TPSA) is 29.5 Å². The lowest BCUT2D eigenvalue weighted by atomic mass is 10.5. The summed E-state index contributed by atoms with van der Waals surface area (Å²) in [6.07, 6.45) is -1.54. The van der Waals surface area contributed by atoms with Gasteiger partial charge >= 0.3 is 0 Å². The molecule has 0 aromatic carbocycles. The largest absolute Gasteiger partial charge is 0.481 e. The molecule has 2 nitrogen and oxygen atoms in total. The molecule has 34 valence electrons. The maximum absolute atomic E-state index is 8.56. The van der Waals surface area contributed by atoms with Crippen molar-refractivity contribution < 1.29 is 15.3 Å². The Kier molecular flexibility index (Phi) is 0.231. The van der Waals surface area contributed by atoms with E-state index in [0.29, 0.717) is 6.08 Å². The van der Waals surface area contributed by atoms with Crippen LogP contribution in [0.25, 0.3) is 0 Å². The van der Waals surface area contributed by atoms with E-state index < -0.39 is 18.9 Å². The Balaban J connectivity index is 2.92. The highest BCUT2D eigenvalue weighted by Gasteiger charge is 1.98. The van der Waals surface area contributed by atoms with Gasteiger partial charge in [0, 0.05) is 9.11 Å². The first-order chi connectivity index (χ1) is 4.35. The highest BCUT2D eigenvalue weighted by atomic mass is 16.6. The van der Waals surface area contributed by atoms with Crippen LogP contribution in [0.15, 0.2) is 12.0 Å². The average Bonchev–Trinajstić information content (AvgIpc) is 1.73. The van der Waals surface area contributed by atoms with Crippen molar-refractivity contribution in [2.75, 3.05) is 6.56 Å². The molecule has 0 aromatic rings. The first kappa shape index (κ1) is 1.15. The van der Waals surface area contributed by atoms with E-state index in [1.807, 2.05) is 0 Å². The SMILES string of the molecule is [2H]C1([2H])C=C(O)OC1([2H])[2H]. The standard InChI is InChI=1S/C4H6O2/c5-4-2-1-3-6-4/h2,5H,1,3H2/i1D2,3D2. The molecule has 6 heavy (non-hydrogen) atoms. The smallest absolute Gasteiger partial charge is 0.272 e. The van der Waals surface area contributed by atoms with Gasteiger partial charge in [0.1, 0.15) is 0 Å². The van der Waals surface area contributed by atoms with Crippen LogP contribution < -0.4 is 0 Å². The van der Waals surface area contributed by atoms with E-state index in [9.17, 15) is 0 Å². The van der Waals surface area contributed by atoms with Crippen LogP contribution in [0.1, 0.15) is 11.9 Å². The second-order valence-electron chi connectivity index (χ2n) is 0.831. The molecular formula is C4H6O2. The summed E-state index contributed by atoms with van der Waals surface area (Å²) < 4.78 is 31.8. The Hall–Kier alpha value is -0.660. The molecule has 0 aliphatic carbocycles. The van der Waals surface area contributed by atoms with E-state index in [-0.39, 0.29) is 0 Å². The number of ether oxygens (including phenoxy) is 1. The highest BCUT2D eigenvalue weighted by molar-refractivity contribution is 4.86.